The Morgan fingerprint density at radius 1 is 1.50 bits per heavy atom. The van der Waals surface area contributed by atoms with Gasteiger partial charge in [-0.25, -0.2) is 13.1 Å². The second-order valence-corrected chi connectivity index (χ2v) is 6.52. The molecule has 2 N–H and O–H groups in total. The van der Waals surface area contributed by atoms with Crippen molar-refractivity contribution < 1.29 is 18.0 Å². The normalized spacial score (nSPS) is 25.2. The van der Waals surface area contributed by atoms with Gasteiger partial charge in [0, 0.05) is 12.1 Å². The van der Waals surface area contributed by atoms with E-state index in [1.165, 1.54) is 0 Å². The number of hydrogen-bond donors (Lipinski definition) is 2. The maximum atomic E-state index is 11.9. The second kappa shape index (κ2) is 5.38. The van der Waals surface area contributed by atoms with Gasteiger partial charge in [-0.3, -0.25) is 0 Å². The maximum absolute atomic E-state index is 11.9. The first-order valence-corrected chi connectivity index (χ1v) is 7.72. The van der Waals surface area contributed by atoms with Crippen LogP contribution in [-0.2, 0) is 15.8 Å². The minimum atomic E-state index is -3.49. The zero-order chi connectivity index (χ0) is 13.2. The third-order valence-corrected chi connectivity index (χ3v) is 4.41. The van der Waals surface area contributed by atoms with Crippen LogP contribution in [0, 0.1) is 6.92 Å². The SMILES string of the molecule is Cc1cc(CS(=O)(=O)NC2CCCCC2O)no1. The monoisotopic (exact) mass is 274 g/mol. The van der Waals surface area contributed by atoms with Crippen LogP contribution in [0.1, 0.15) is 37.1 Å². The topological polar surface area (TPSA) is 92.4 Å². The molecule has 1 aromatic heterocycles. The molecule has 7 heteroatoms. The fourth-order valence-corrected chi connectivity index (χ4v) is 3.55. The summed E-state index contributed by atoms with van der Waals surface area (Å²) in [6, 6.07) is 1.22. The molecule has 1 aliphatic carbocycles. The van der Waals surface area contributed by atoms with E-state index in [9.17, 15) is 13.5 Å². The molecular weight excluding hydrogens is 256 g/mol. The third kappa shape index (κ3) is 3.54. The number of aliphatic hydroxyl groups is 1. The van der Waals surface area contributed by atoms with Gasteiger partial charge in [-0.2, -0.15) is 0 Å². The summed E-state index contributed by atoms with van der Waals surface area (Å²) in [5.41, 5.74) is 0.380. The van der Waals surface area contributed by atoms with Gasteiger partial charge in [0.15, 0.2) is 0 Å². The van der Waals surface area contributed by atoms with Gasteiger partial charge in [-0.15, -0.1) is 0 Å². The first kappa shape index (κ1) is 13.5. The Bertz CT molecular complexity index is 497. The molecule has 6 nitrogen and oxygen atoms in total. The fraction of sp³-hybridized carbons (Fsp3) is 0.727. The number of aliphatic hydroxyl groups excluding tert-OH is 1. The summed E-state index contributed by atoms with van der Waals surface area (Å²) >= 11 is 0. The predicted octanol–water partition coefficient (Wildman–Crippen LogP) is 0.706. The highest BCUT2D eigenvalue weighted by atomic mass is 32.2. The van der Waals surface area contributed by atoms with E-state index in [-0.39, 0.29) is 11.8 Å². The zero-order valence-corrected chi connectivity index (χ0v) is 11.1. The first-order valence-electron chi connectivity index (χ1n) is 6.06. The molecule has 1 heterocycles. The molecule has 1 fully saturated rings. The van der Waals surface area contributed by atoms with Crippen LogP contribution in [0.25, 0.3) is 0 Å². The molecular formula is C11H18N2O4S. The van der Waals surface area contributed by atoms with Crippen molar-refractivity contribution in [2.75, 3.05) is 0 Å². The molecule has 0 aliphatic heterocycles. The lowest BCUT2D eigenvalue weighted by Gasteiger charge is -2.27. The fourth-order valence-electron chi connectivity index (χ4n) is 2.20. The molecule has 18 heavy (non-hydrogen) atoms. The molecule has 0 bridgehead atoms. The molecule has 2 rings (SSSR count). The Morgan fingerprint density at radius 3 is 2.83 bits per heavy atom. The van der Waals surface area contributed by atoms with E-state index in [4.69, 9.17) is 4.52 Å². The van der Waals surface area contributed by atoms with Crippen molar-refractivity contribution >= 4 is 10.0 Å². The molecule has 2 unspecified atom stereocenters. The van der Waals surface area contributed by atoms with Crippen LogP contribution in [0.2, 0.25) is 0 Å². The van der Waals surface area contributed by atoms with Crippen LogP contribution in [0.15, 0.2) is 10.6 Å². The van der Waals surface area contributed by atoms with Crippen molar-refractivity contribution in [1.29, 1.82) is 0 Å². The Kier molecular flexibility index (Phi) is 4.04. The van der Waals surface area contributed by atoms with Gasteiger partial charge in [0.25, 0.3) is 0 Å². The summed E-state index contributed by atoms with van der Waals surface area (Å²) in [4.78, 5) is 0. The number of sulfonamides is 1. The largest absolute Gasteiger partial charge is 0.391 e. The van der Waals surface area contributed by atoms with Crippen LogP contribution in [0.5, 0.6) is 0 Å². The summed E-state index contributed by atoms with van der Waals surface area (Å²) in [5.74, 6) is 0.367. The van der Waals surface area contributed by atoms with Crippen molar-refractivity contribution in [3.8, 4) is 0 Å². The molecule has 0 amide bonds. The van der Waals surface area contributed by atoms with Gasteiger partial charge in [-0.1, -0.05) is 18.0 Å². The van der Waals surface area contributed by atoms with E-state index in [0.717, 1.165) is 12.8 Å². The van der Waals surface area contributed by atoms with Crippen LogP contribution in [-0.4, -0.2) is 30.8 Å². The summed E-state index contributed by atoms with van der Waals surface area (Å²) in [6.07, 6.45) is 2.62. The smallest absolute Gasteiger partial charge is 0.217 e. The van der Waals surface area contributed by atoms with Crippen LogP contribution < -0.4 is 4.72 Å². The number of aryl methyl sites for hydroxylation is 1. The molecule has 0 saturated heterocycles. The van der Waals surface area contributed by atoms with Gasteiger partial charge < -0.3 is 9.63 Å². The lowest BCUT2D eigenvalue weighted by atomic mass is 9.93. The molecule has 1 aromatic rings. The Labute approximate surface area is 106 Å². The van der Waals surface area contributed by atoms with Crippen LogP contribution in [0.3, 0.4) is 0 Å². The molecule has 1 aliphatic rings. The van der Waals surface area contributed by atoms with Gasteiger partial charge in [0.1, 0.15) is 17.2 Å². The lowest BCUT2D eigenvalue weighted by Crippen LogP contribution is -2.45. The van der Waals surface area contributed by atoms with E-state index in [1.54, 1.807) is 13.0 Å². The van der Waals surface area contributed by atoms with E-state index < -0.39 is 16.1 Å². The van der Waals surface area contributed by atoms with E-state index in [1.807, 2.05) is 0 Å². The van der Waals surface area contributed by atoms with Crippen molar-refractivity contribution in [1.82, 2.24) is 9.88 Å². The minimum Gasteiger partial charge on any atom is -0.391 e. The van der Waals surface area contributed by atoms with Gasteiger partial charge in [0.2, 0.25) is 10.0 Å². The van der Waals surface area contributed by atoms with Crippen molar-refractivity contribution in [2.24, 2.45) is 0 Å². The molecule has 2 atom stereocenters. The molecule has 102 valence electrons. The number of rotatable bonds is 4. The molecule has 0 spiro atoms. The summed E-state index contributed by atoms with van der Waals surface area (Å²) in [5, 5.41) is 13.4. The van der Waals surface area contributed by atoms with Crippen molar-refractivity contribution in [3.63, 3.8) is 0 Å². The maximum Gasteiger partial charge on any atom is 0.217 e. The highest BCUT2D eigenvalue weighted by molar-refractivity contribution is 7.88. The number of nitrogens with one attached hydrogen (secondary N) is 1. The van der Waals surface area contributed by atoms with Gasteiger partial charge >= 0.3 is 0 Å². The minimum absolute atomic E-state index is 0.215. The van der Waals surface area contributed by atoms with Crippen LogP contribution in [0.4, 0.5) is 0 Å². The molecule has 1 saturated carbocycles. The molecule has 0 aromatic carbocycles. The van der Waals surface area contributed by atoms with E-state index in [0.29, 0.717) is 24.3 Å². The number of aromatic nitrogens is 1. The Balaban J connectivity index is 1.98. The molecule has 0 radical (unpaired) electrons. The standard InChI is InChI=1S/C11H18N2O4S/c1-8-6-9(12-17-8)7-18(15,16)13-10-4-2-3-5-11(10)14/h6,10-11,13-14H,2-5,7H2,1H3. The lowest BCUT2D eigenvalue weighted by molar-refractivity contribution is 0.101. The predicted molar refractivity (Wildman–Crippen MR) is 65.3 cm³/mol. The summed E-state index contributed by atoms with van der Waals surface area (Å²) in [6.45, 7) is 1.71. The highest BCUT2D eigenvalue weighted by Gasteiger charge is 2.27. The third-order valence-electron chi connectivity index (χ3n) is 3.08. The highest BCUT2D eigenvalue weighted by Crippen LogP contribution is 2.19. The summed E-state index contributed by atoms with van der Waals surface area (Å²) < 4.78 is 31.2. The van der Waals surface area contributed by atoms with Gasteiger partial charge in [-0.05, 0) is 19.8 Å². The van der Waals surface area contributed by atoms with Crippen molar-refractivity contribution in [2.45, 2.75) is 50.5 Å². The van der Waals surface area contributed by atoms with E-state index in [2.05, 4.69) is 9.88 Å². The van der Waals surface area contributed by atoms with Crippen LogP contribution >= 0.6 is 0 Å². The van der Waals surface area contributed by atoms with E-state index >= 15 is 0 Å². The Hall–Kier alpha value is -0.920. The zero-order valence-electron chi connectivity index (χ0n) is 10.3. The number of nitrogens with zero attached hydrogens (tertiary/aromatic N) is 1. The summed E-state index contributed by atoms with van der Waals surface area (Å²) in [7, 11) is -3.49. The van der Waals surface area contributed by atoms with Gasteiger partial charge in [0.05, 0.1) is 6.10 Å². The Morgan fingerprint density at radius 2 is 2.22 bits per heavy atom. The average molecular weight is 274 g/mol. The quantitative estimate of drug-likeness (QED) is 0.843. The second-order valence-electron chi connectivity index (χ2n) is 4.76. The average Bonchev–Trinajstić information content (AvgIpc) is 2.66. The first-order chi connectivity index (χ1) is 8.46. The van der Waals surface area contributed by atoms with Crippen molar-refractivity contribution in [3.05, 3.63) is 17.5 Å². The number of hydrogen-bond acceptors (Lipinski definition) is 5.